The van der Waals surface area contributed by atoms with E-state index >= 15 is 0 Å². The van der Waals surface area contributed by atoms with Crippen LogP contribution in [0.5, 0.6) is 0 Å². The zero-order chi connectivity index (χ0) is 28.6. The molecule has 3 aliphatic heterocycles. The lowest BCUT2D eigenvalue weighted by Gasteiger charge is -2.46. The molecule has 17 nitrogen and oxygen atoms in total. The van der Waals surface area contributed by atoms with Gasteiger partial charge in [0, 0.05) is 18.2 Å². The molecule has 0 aromatic carbocycles. The molecule has 0 saturated carbocycles. The Morgan fingerprint density at radius 2 is 1.51 bits per heavy atom. The van der Waals surface area contributed by atoms with Gasteiger partial charge in [-0.2, -0.15) is 0 Å². The zero-order valence-corrected chi connectivity index (χ0v) is 20.8. The summed E-state index contributed by atoms with van der Waals surface area (Å²) in [6.07, 6.45) is -17.8. The summed E-state index contributed by atoms with van der Waals surface area (Å²) >= 11 is 0. The Morgan fingerprint density at radius 3 is 2.18 bits per heavy atom. The lowest BCUT2D eigenvalue weighted by Crippen LogP contribution is -2.64. The van der Waals surface area contributed by atoms with E-state index in [-0.39, 0.29) is 18.6 Å². The zero-order valence-electron chi connectivity index (χ0n) is 20.8. The number of aromatic amines is 1. The molecule has 3 saturated heterocycles. The van der Waals surface area contributed by atoms with Crippen LogP contribution in [0.25, 0.3) is 0 Å². The number of rotatable bonds is 8. The molecular weight excluding hydrogens is 532 g/mol. The highest BCUT2D eigenvalue weighted by Gasteiger charge is 2.51. The van der Waals surface area contributed by atoms with Gasteiger partial charge in [0.25, 0.3) is 5.56 Å². The van der Waals surface area contributed by atoms with Gasteiger partial charge < -0.3 is 64.5 Å². The predicted octanol–water partition coefficient (Wildman–Crippen LogP) is -5.87. The van der Waals surface area contributed by atoms with Gasteiger partial charge in [-0.05, 0) is 6.92 Å². The highest BCUT2D eigenvalue weighted by Crippen LogP contribution is 2.31. The van der Waals surface area contributed by atoms with Crippen LogP contribution in [0.2, 0.25) is 0 Å². The number of hydrogen-bond donors (Lipinski definition) is 9. The first-order valence-electron chi connectivity index (χ1n) is 12.3. The smallest absolute Gasteiger partial charge is 0.330 e. The lowest BCUT2D eigenvalue weighted by molar-refractivity contribution is -0.360. The Bertz CT molecular complexity index is 1080. The van der Waals surface area contributed by atoms with Gasteiger partial charge in [-0.25, -0.2) is 4.79 Å². The first kappa shape index (κ1) is 30.1. The van der Waals surface area contributed by atoms with Gasteiger partial charge in [0.15, 0.2) is 12.6 Å². The average molecular weight is 567 g/mol. The quantitative estimate of drug-likeness (QED) is 0.142. The number of nitrogens with one attached hydrogen (secondary N) is 1. The Kier molecular flexibility index (Phi) is 9.54. The predicted molar refractivity (Wildman–Crippen MR) is 123 cm³/mol. The molecule has 0 bridgehead atoms. The summed E-state index contributed by atoms with van der Waals surface area (Å²) in [5, 5.41) is 80.9. The summed E-state index contributed by atoms with van der Waals surface area (Å²) in [5.41, 5.74) is -1.02. The van der Waals surface area contributed by atoms with Crippen molar-refractivity contribution in [2.75, 3.05) is 19.8 Å². The molecule has 1 aromatic heterocycles. The third-order valence-electron chi connectivity index (χ3n) is 7.05. The molecular formula is C22H34N2O15. The van der Waals surface area contributed by atoms with Crippen molar-refractivity contribution in [3.8, 4) is 0 Å². The maximum Gasteiger partial charge on any atom is 0.330 e. The summed E-state index contributed by atoms with van der Waals surface area (Å²) in [6, 6.07) is 0. The number of aliphatic hydroxyl groups excluding tert-OH is 8. The molecule has 4 rings (SSSR count). The minimum atomic E-state index is -1.80. The maximum absolute atomic E-state index is 12.1. The van der Waals surface area contributed by atoms with Crippen LogP contribution in [-0.4, -0.2) is 144 Å². The van der Waals surface area contributed by atoms with Gasteiger partial charge in [0.05, 0.1) is 25.9 Å². The number of hydrogen-bond acceptors (Lipinski definition) is 15. The molecule has 0 spiro atoms. The van der Waals surface area contributed by atoms with Gasteiger partial charge in [-0.15, -0.1) is 0 Å². The Balaban J connectivity index is 1.38. The van der Waals surface area contributed by atoms with Crippen molar-refractivity contribution < 1.29 is 64.5 Å². The Morgan fingerprint density at radius 1 is 0.872 bits per heavy atom. The number of aliphatic hydroxyl groups is 8. The first-order valence-corrected chi connectivity index (χ1v) is 12.3. The van der Waals surface area contributed by atoms with E-state index in [9.17, 15) is 50.4 Å². The van der Waals surface area contributed by atoms with Crippen LogP contribution in [0.4, 0.5) is 0 Å². The summed E-state index contributed by atoms with van der Waals surface area (Å²) in [4.78, 5) is 25.9. The number of aryl methyl sites for hydroxylation is 1. The molecule has 4 heterocycles. The second-order valence-corrected chi connectivity index (χ2v) is 9.75. The van der Waals surface area contributed by atoms with E-state index in [2.05, 4.69) is 4.98 Å². The highest BCUT2D eigenvalue weighted by molar-refractivity contribution is 5.02. The Hall–Kier alpha value is -1.84. The fourth-order valence-corrected chi connectivity index (χ4v) is 4.72. The molecule has 0 unspecified atom stereocenters. The van der Waals surface area contributed by atoms with Gasteiger partial charge in [0.1, 0.15) is 61.2 Å². The van der Waals surface area contributed by atoms with Gasteiger partial charge >= 0.3 is 5.69 Å². The molecule has 17 heteroatoms. The Labute approximate surface area is 220 Å². The molecule has 0 radical (unpaired) electrons. The van der Waals surface area contributed by atoms with E-state index in [1.807, 2.05) is 0 Å². The van der Waals surface area contributed by atoms with Crippen LogP contribution in [-0.2, 0) is 23.7 Å². The highest BCUT2D eigenvalue weighted by atomic mass is 16.7. The summed E-state index contributed by atoms with van der Waals surface area (Å²) in [7, 11) is 0. The number of nitrogens with zero attached hydrogens (tertiary/aromatic N) is 1. The number of aromatic nitrogens is 2. The topological polar surface area (TPSA) is 263 Å². The van der Waals surface area contributed by atoms with Crippen molar-refractivity contribution in [2.24, 2.45) is 0 Å². The fourth-order valence-electron chi connectivity index (χ4n) is 4.72. The van der Waals surface area contributed by atoms with E-state index in [1.54, 1.807) is 0 Å². The van der Waals surface area contributed by atoms with Crippen molar-refractivity contribution in [3.05, 3.63) is 32.6 Å². The van der Waals surface area contributed by atoms with Crippen LogP contribution < -0.4 is 11.2 Å². The maximum atomic E-state index is 12.1. The summed E-state index contributed by atoms with van der Waals surface area (Å²) in [6.45, 7) is -0.326. The van der Waals surface area contributed by atoms with E-state index in [0.29, 0.717) is 0 Å². The van der Waals surface area contributed by atoms with Gasteiger partial charge in [-0.1, -0.05) is 0 Å². The first-order chi connectivity index (χ1) is 18.5. The lowest BCUT2D eigenvalue weighted by atomic mass is 9.97. The van der Waals surface area contributed by atoms with E-state index in [1.165, 1.54) is 13.1 Å². The molecule has 0 amide bonds. The molecule has 0 aliphatic carbocycles. The second-order valence-electron chi connectivity index (χ2n) is 9.75. The SMILES string of the molecule is Cc1cn([C@H]2C[C@H](O)[C@@H](CO[C@@H]3O[C@H](CO)[C@@H](O[C@@H]4O[C@H](CO)[C@@H](O)[C@H](O)[C@H]4O)[C@H](O)[C@H]3O)O2)c(=O)[nH]c1=O. The third kappa shape index (κ3) is 6.10. The van der Waals surface area contributed by atoms with Crippen molar-refractivity contribution in [1.82, 2.24) is 9.55 Å². The van der Waals surface area contributed by atoms with E-state index < -0.39 is 104 Å². The number of ether oxygens (including phenoxy) is 5. The normalized spacial score (nSPS) is 43.1. The van der Waals surface area contributed by atoms with E-state index in [0.717, 1.165) is 4.57 Å². The van der Waals surface area contributed by atoms with E-state index in [4.69, 9.17) is 23.7 Å². The van der Waals surface area contributed by atoms with Crippen LogP contribution in [0, 0.1) is 6.92 Å². The molecule has 13 atom stereocenters. The second kappa shape index (κ2) is 12.4. The largest absolute Gasteiger partial charge is 0.394 e. The molecule has 3 aliphatic rings. The summed E-state index contributed by atoms with van der Waals surface area (Å²) in [5.74, 6) is 0. The molecule has 222 valence electrons. The minimum Gasteiger partial charge on any atom is -0.394 e. The van der Waals surface area contributed by atoms with Crippen LogP contribution in [0.1, 0.15) is 18.2 Å². The molecule has 1 aromatic rings. The van der Waals surface area contributed by atoms with Crippen LogP contribution >= 0.6 is 0 Å². The van der Waals surface area contributed by atoms with Crippen molar-refractivity contribution in [2.45, 2.75) is 93.2 Å². The monoisotopic (exact) mass is 566 g/mol. The fraction of sp³-hybridized carbons (Fsp3) is 0.818. The van der Waals surface area contributed by atoms with Gasteiger partial charge in [0.2, 0.25) is 0 Å². The van der Waals surface area contributed by atoms with Crippen molar-refractivity contribution in [3.63, 3.8) is 0 Å². The van der Waals surface area contributed by atoms with Gasteiger partial charge in [-0.3, -0.25) is 14.3 Å². The van der Waals surface area contributed by atoms with Crippen LogP contribution in [0.15, 0.2) is 15.8 Å². The average Bonchev–Trinajstić information content (AvgIpc) is 3.28. The standard InChI is InChI=1S/C22H34N2O15/c1-7-3-24(22(34)23-19(7)33)12-2-8(27)11(36-12)6-35-20-17(32)15(30)18(10(5-26)38-20)39-21-16(31)14(29)13(28)9(4-25)37-21/h3,8-18,20-21,25-32H,2,4-6H2,1H3,(H,23,33,34)/t8-,9+,10+,11+,12+,13+,14-,15+,16+,17+,18+,20+,21-/m0/s1. The molecule has 39 heavy (non-hydrogen) atoms. The third-order valence-corrected chi connectivity index (χ3v) is 7.05. The van der Waals surface area contributed by atoms with Crippen molar-refractivity contribution >= 4 is 0 Å². The van der Waals surface area contributed by atoms with Crippen molar-refractivity contribution in [1.29, 1.82) is 0 Å². The summed E-state index contributed by atoms with van der Waals surface area (Å²) < 4.78 is 28.6. The molecule has 9 N–H and O–H groups in total. The minimum absolute atomic E-state index is 0.00953. The number of H-pyrrole nitrogens is 1. The molecule has 3 fully saturated rings. The van der Waals surface area contributed by atoms with Crippen LogP contribution in [0.3, 0.4) is 0 Å².